The average Bonchev–Trinajstić information content (AvgIpc) is 2.75. The molecular weight excluding hydrogens is 262 g/mol. The number of amides is 1. The Kier molecular flexibility index (Phi) is 2.51. The average molecular weight is 283 g/mol. The molecule has 19 heavy (non-hydrogen) atoms. The van der Waals surface area contributed by atoms with Crippen molar-refractivity contribution >= 4 is 15.9 Å². The zero-order valence-corrected chi connectivity index (χ0v) is 12.5. The molecule has 3 aliphatic rings. The van der Waals surface area contributed by atoms with Crippen LogP contribution < -0.4 is 0 Å². The van der Waals surface area contributed by atoms with Gasteiger partial charge in [0.2, 0.25) is 10.0 Å². The number of carbonyl (C=O) groups is 1. The maximum Gasteiger partial charge on any atom is 0.259 e. The van der Waals surface area contributed by atoms with Crippen molar-refractivity contribution in [1.82, 2.24) is 4.31 Å². The van der Waals surface area contributed by atoms with Crippen molar-refractivity contribution in [3.63, 3.8) is 0 Å². The summed E-state index contributed by atoms with van der Waals surface area (Å²) < 4.78 is 26.1. The van der Waals surface area contributed by atoms with Crippen LogP contribution in [0, 0.1) is 16.7 Å². The topological polar surface area (TPSA) is 54.5 Å². The largest absolute Gasteiger partial charge is 0.269 e. The van der Waals surface area contributed by atoms with E-state index in [1.807, 2.05) is 0 Å². The van der Waals surface area contributed by atoms with Crippen LogP contribution in [-0.2, 0) is 14.8 Å². The molecule has 1 aliphatic heterocycles. The van der Waals surface area contributed by atoms with E-state index in [1.165, 1.54) is 10.4 Å². The SMILES string of the molecule is C/C=C/C(=O)N1[C@H]2C[C@@H]3CCC2(CS1(=O)=O)C3(C)C. The zero-order chi connectivity index (χ0) is 14.1. The standard InChI is InChI=1S/C14H21NO3S/c1-4-5-12(16)15-11-8-10-6-7-14(11,13(10,2)3)9-19(15,17)18/h4-5,10-11H,6-9H2,1-3H3/b5-4+/t10-,11-,14?/m0/s1. The van der Waals surface area contributed by atoms with Crippen LogP contribution in [0.1, 0.15) is 40.0 Å². The molecule has 3 rings (SSSR count). The van der Waals surface area contributed by atoms with Gasteiger partial charge in [-0.05, 0) is 43.6 Å². The van der Waals surface area contributed by atoms with E-state index in [2.05, 4.69) is 13.8 Å². The molecule has 1 saturated heterocycles. The van der Waals surface area contributed by atoms with Gasteiger partial charge in [-0.15, -0.1) is 0 Å². The van der Waals surface area contributed by atoms with Crippen molar-refractivity contribution in [2.24, 2.45) is 16.7 Å². The summed E-state index contributed by atoms with van der Waals surface area (Å²) in [5, 5.41) is 0. The summed E-state index contributed by atoms with van der Waals surface area (Å²) in [6.45, 7) is 6.11. The van der Waals surface area contributed by atoms with Crippen LogP contribution in [0.3, 0.4) is 0 Å². The molecule has 1 heterocycles. The maximum absolute atomic E-state index is 12.4. The Morgan fingerprint density at radius 2 is 2.05 bits per heavy atom. The number of fused-ring (bicyclic) bond motifs is 1. The molecule has 106 valence electrons. The van der Waals surface area contributed by atoms with Crippen LogP contribution in [0.4, 0.5) is 0 Å². The quantitative estimate of drug-likeness (QED) is 0.691. The molecular formula is C14H21NO3S. The second kappa shape index (κ2) is 3.62. The van der Waals surface area contributed by atoms with E-state index in [1.54, 1.807) is 13.0 Å². The summed E-state index contributed by atoms with van der Waals surface area (Å²) in [6, 6.07) is -0.116. The summed E-state index contributed by atoms with van der Waals surface area (Å²) in [5.74, 6) is 0.332. The van der Waals surface area contributed by atoms with Gasteiger partial charge in [-0.3, -0.25) is 4.79 Å². The van der Waals surface area contributed by atoms with E-state index in [9.17, 15) is 13.2 Å². The highest BCUT2D eigenvalue weighted by Crippen LogP contribution is 2.69. The fourth-order valence-corrected chi connectivity index (χ4v) is 7.30. The van der Waals surface area contributed by atoms with Gasteiger partial charge >= 0.3 is 0 Å². The Hall–Kier alpha value is -0.840. The van der Waals surface area contributed by atoms with E-state index in [4.69, 9.17) is 0 Å². The first-order valence-electron chi connectivity index (χ1n) is 6.95. The van der Waals surface area contributed by atoms with Crippen molar-refractivity contribution in [3.05, 3.63) is 12.2 Å². The molecule has 2 saturated carbocycles. The number of carbonyl (C=O) groups excluding carboxylic acids is 1. The molecule has 2 bridgehead atoms. The minimum atomic E-state index is -3.45. The van der Waals surface area contributed by atoms with Gasteiger partial charge in [0, 0.05) is 5.41 Å². The van der Waals surface area contributed by atoms with Crippen LogP contribution in [-0.4, -0.2) is 30.4 Å². The van der Waals surface area contributed by atoms with Crippen molar-refractivity contribution in [2.75, 3.05) is 5.75 Å². The molecule has 0 aromatic carbocycles. The van der Waals surface area contributed by atoms with Crippen molar-refractivity contribution in [1.29, 1.82) is 0 Å². The maximum atomic E-state index is 12.4. The van der Waals surface area contributed by atoms with Gasteiger partial charge < -0.3 is 0 Å². The van der Waals surface area contributed by atoms with E-state index < -0.39 is 10.0 Å². The van der Waals surface area contributed by atoms with Crippen LogP contribution in [0.2, 0.25) is 0 Å². The second-order valence-corrected chi connectivity index (χ2v) is 8.60. The number of nitrogens with zero attached hydrogens (tertiary/aromatic N) is 1. The predicted octanol–water partition coefficient (Wildman–Crippen LogP) is 1.93. The molecule has 0 radical (unpaired) electrons. The third-order valence-corrected chi connectivity index (χ3v) is 7.85. The summed E-state index contributed by atoms with van der Waals surface area (Å²) in [6.07, 6.45) is 5.87. The predicted molar refractivity (Wildman–Crippen MR) is 72.8 cm³/mol. The molecule has 3 fully saturated rings. The molecule has 5 heteroatoms. The lowest BCUT2D eigenvalue weighted by Gasteiger charge is -2.36. The number of rotatable bonds is 1. The molecule has 0 aromatic rings. The van der Waals surface area contributed by atoms with Gasteiger partial charge in [0.25, 0.3) is 5.91 Å². The van der Waals surface area contributed by atoms with Gasteiger partial charge in [-0.25, -0.2) is 12.7 Å². The zero-order valence-electron chi connectivity index (χ0n) is 11.7. The van der Waals surface area contributed by atoms with Crippen molar-refractivity contribution in [3.8, 4) is 0 Å². The molecule has 0 N–H and O–H groups in total. The van der Waals surface area contributed by atoms with E-state index in [0.29, 0.717) is 5.92 Å². The van der Waals surface area contributed by atoms with Gasteiger partial charge in [-0.2, -0.15) is 0 Å². The minimum Gasteiger partial charge on any atom is -0.269 e. The lowest BCUT2D eigenvalue weighted by Crippen LogP contribution is -2.43. The van der Waals surface area contributed by atoms with E-state index >= 15 is 0 Å². The second-order valence-electron chi connectivity index (χ2n) is 6.76. The van der Waals surface area contributed by atoms with E-state index in [0.717, 1.165) is 19.3 Å². The van der Waals surface area contributed by atoms with Crippen LogP contribution in [0.15, 0.2) is 12.2 Å². The lowest BCUT2D eigenvalue weighted by molar-refractivity contribution is -0.124. The minimum absolute atomic E-state index is 0.0235. The van der Waals surface area contributed by atoms with Crippen LogP contribution >= 0.6 is 0 Å². The van der Waals surface area contributed by atoms with Crippen LogP contribution in [0.5, 0.6) is 0 Å². The Balaban J connectivity index is 2.09. The van der Waals surface area contributed by atoms with Crippen molar-refractivity contribution in [2.45, 2.75) is 46.1 Å². The number of sulfonamides is 1. The molecule has 2 aliphatic carbocycles. The molecule has 3 atom stereocenters. The highest BCUT2D eigenvalue weighted by atomic mass is 32.2. The Morgan fingerprint density at radius 1 is 1.37 bits per heavy atom. The highest BCUT2D eigenvalue weighted by molar-refractivity contribution is 7.90. The Morgan fingerprint density at radius 3 is 2.63 bits per heavy atom. The fourth-order valence-electron chi connectivity index (χ4n) is 4.80. The van der Waals surface area contributed by atoms with Crippen LogP contribution in [0.25, 0.3) is 0 Å². The van der Waals surface area contributed by atoms with Gasteiger partial charge in [-0.1, -0.05) is 19.9 Å². The smallest absolute Gasteiger partial charge is 0.259 e. The first-order chi connectivity index (χ1) is 8.76. The molecule has 1 unspecified atom stereocenters. The normalized spacial score (nSPS) is 41.9. The number of hydrogen-bond donors (Lipinski definition) is 0. The Bertz CT molecular complexity index is 563. The first kappa shape index (κ1) is 13.2. The van der Waals surface area contributed by atoms with Gasteiger partial charge in [0.05, 0.1) is 11.8 Å². The van der Waals surface area contributed by atoms with E-state index in [-0.39, 0.29) is 28.5 Å². The highest BCUT2D eigenvalue weighted by Gasteiger charge is 2.72. The lowest BCUT2D eigenvalue weighted by atomic mass is 9.69. The third-order valence-electron chi connectivity index (χ3n) is 5.94. The summed E-state index contributed by atoms with van der Waals surface area (Å²) >= 11 is 0. The monoisotopic (exact) mass is 283 g/mol. The molecule has 1 amide bonds. The van der Waals surface area contributed by atoms with Gasteiger partial charge in [0.1, 0.15) is 0 Å². The van der Waals surface area contributed by atoms with Gasteiger partial charge in [0.15, 0.2) is 0 Å². The summed E-state index contributed by atoms with van der Waals surface area (Å²) in [5.41, 5.74) is -0.191. The Labute approximate surface area is 114 Å². The molecule has 4 nitrogen and oxygen atoms in total. The third kappa shape index (κ3) is 1.40. The van der Waals surface area contributed by atoms with Crippen molar-refractivity contribution < 1.29 is 13.2 Å². The summed E-state index contributed by atoms with van der Waals surface area (Å²) in [4.78, 5) is 12.1. The fraction of sp³-hybridized carbons (Fsp3) is 0.786. The number of allylic oxidation sites excluding steroid dienone is 1. The number of hydrogen-bond acceptors (Lipinski definition) is 3. The summed E-state index contributed by atoms with van der Waals surface area (Å²) in [7, 11) is -3.45. The first-order valence-corrected chi connectivity index (χ1v) is 8.56. The molecule has 0 aromatic heterocycles. The molecule has 1 spiro atoms.